The van der Waals surface area contributed by atoms with Crippen LogP contribution < -0.4 is 5.73 Å². The summed E-state index contributed by atoms with van der Waals surface area (Å²) in [6, 6.07) is 0.540. The van der Waals surface area contributed by atoms with Crippen molar-refractivity contribution in [1.29, 1.82) is 0 Å². The molecule has 4 nitrogen and oxygen atoms in total. The second-order valence-electron chi connectivity index (χ2n) is 4.58. The van der Waals surface area contributed by atoms with Gasteiger partial charge in [-0.1, -0.05) is 6.92 Å². The zero-order chi connectivity index (χ0) is 12.0. The molecule has 0 saturated carbocycles. The van der Waals surface area contributed by atoms with Crippen molar-refractivity contribution in [3.63, 3.8) is 0 Å². The molecule has 4 heteroatoms. The van der Waals surface area contributed by atoms with Crippen LogP contribution in [0.15, 0.2) is 0 Å². The van der Waals surface area contributed by atoms with Crippen molar-refractivity contribution in [3.05, 3.63) is 0 Å². The van der Waals surface area contributed by atoms with E-state index < -0.39 is 0 Å². The number of rotatable bonds is 5. The van der Waals surface area contributed by atoms with Gasteiger partial charge in [-0.2, -0.15) is 0 Å². The minimum Gasteiger partial charge on any atom is -0.381 e. The van der Waals surface area contributed by atoms with Gasteiger partial charge in [0.05, 0.1) is 13.0 Å². The van der Waals surface area contributed by atoms with Gasteiger partial charge in [-0.3, -0.25) is 4.79 Å². The van der Waals surface area contributed by atoms with E-state index >= 15 is 0 Å². The number of nitrogens with zero attached hydrogens (tertiary/aromatic N) is 1. The molecule has 16 heavy (non-hydrogen) atoms. The van der Waals surface area contributed by atoms with Crippen molar-refractivity contribution in [2.75, 3.05) is 19.8 Å². The van der Waals surface area contributed by atoms with Crippen molar-refractivity contribution in [2.45, 2.75) is 51.6 Å². The lowest BCUT2D eigenvalue weighted by molar-refractivity contribution is -0.135. The maximum atomic E-state index is 11.9. The SMILES string of the molecule is CCCOCCC(=O)N1CCC(N)CC1C. The van der Waals surface area contributed by atoms with E-state index in [0.717, 1.165) is 32.4 Å². The molecule has 0 aromatic carbocycles. The largest absolute Gasteiger partial charge is 0.381 e. The molecule has 94 valence electrons. The predicted octanol–water partition coefficient (Wildman–Crippen LogP) is 1.14. The number of nitrogens with two attached hydrogens (primary N) is 1. The van der Waals surface area contributed by atoms with E-state index in [1.54, 1.807) is 0 Å². The highest BCUT2D eigenvalue weighted by Gasteiger charge is 2.26. The number of carbonyl (C=O) groups excluding carboxylic acids is 1. The van der Waals surface area contributed by atoms with Crippen LogP contribution in [0.4, 0.5) is 0 Å². The summed E-state index contributed by atoms with van der Waals surface area (Å²) >= 11 is 0. The van der Waals surface area contributed by atoms with E-state index in [-0.39, 0.29) is 18.0 Å². The third kappa shape index (κ3) is 4.10. The van der Waals surface area contributed by atoms with Crippen molar-refractivity contribution in [3.8, 4) is 0 Å². The molecule has 1 fully saturated rings. The maximum absolute atomic E-state index is 11.9. The van der Waals surface area contributed by atoms with E-state index in [0.29, 0.717) is 13.0 Å². The average molecular weight is 228 g/mol. The summed E-state index contributed by atoms with van der Waals surface area (Å²) in [4.78, 5) is 13.8. The molecule has 0 aromatic rings. The number of piperidine rings is 1. The Labute approximate surface area is 98.1 Å². The summed E-state index contributed by atoms with van der Waals surface area (Å²) in [7, 11) is 0. The fourth-order valence-corrected chi connectivity index (χ4v) is 2.13. The van der Waals surface area contributed by atoms with Crippen LogP contribution in [0.1, 0.15) is 39.5 Å². The van der Waals surface area contributed by atoms with Crippen LogP contribution in [-0.2, 0) is 9.53 Å². The average Bonchev–Trinajstić information content (AvgIpc) is 2.24. The van der Waals surface area contributed by atoms with E-state index in [9.17, 15) is 4.79 Å². The third-order valence-electron chi connectivity index (χ3n) is 3.05. The zero-order valence-corrected chi connectivity index (χ0v) is 10.4. The highest BCUT2D eigenvalue weighted by molar-refractivity contribution is 5.76. The number of ether oxygens (including phenoxy) is 1. The Hall–Kier alpha value is -0.610. The quantitative estimate of drug-likeness (QED) is 0.718. The molecule has 1 heterocycles. The molecule has 2 unspecified atom stereocenters. The lowest BCUT2D eigenvalue weighted by Crippen LogP contribution is -2.48. The van der Waals surface area contributed by atoms with Gasteiger partial charge in [0.15, 0.2) is 0 Å². The van der Waals surface area contributed by atoms with Crippen LogP contribution in [0.3, 0.4) is 0 Å². The van der Waals surface area contributed by atoms with Gasteiger partial charge in [-0.25, -0.2) is 0 Å². The molecule has 2 atom stereocenters. The Morgan fingerprint density at radius 3 is 2.88 bits per heavy atom. The molecule has 2 N–H and O–H groups in total. The molecular formula is C12H24N2O2. The van der Waals surface area contributed by atoms with Gasteiger partial charge in [0, 0.05) is 25.2 Å². The van der Waals surface area contributed by atoms with E-state index in [2.05, 4.69) is 13.8 Å². The Balaban J connectivity index is 2.25. The van der Waals surface area contributed by atoms with Crippen LogP contribution >= 0.6 is 0 Å². The number of likely N-dealkylation sites (tertiary alicyclic amines) is 1. The molecular weight excluding hydrogens is 204 g/mol. The third-order valence-corrected chi connectivity index (χ3v) is 3.05. The molecule has 0 aromatic heterocycles. The smallest absolute Gasteiger partial charge is 0.225 e. The van der Waals surface area contributed by atoms with Gasteiger partial charge >= 0.3 is 0 Å². The fraction of sp³-hybridized carbons (Fsp3) is 0.917. The Morgan fingerprint density at radius 1 is 1.50 bits per heavy atom. The minimum atomic E-state index is 0.204. The van der Waals surface area contributed by atoms with Gasteiger partial charge < -0.3 is 15.4 Å². The minimum absolute atomic E-state index is 0.204. The second kappa shape index (κ2) is 6.86. The molecule has 1 aliphatic heterocycles. The van der Waals surface area contributed by atoms with Gasteiger partial charge in [0.25, 0.3) is 0 Å². The van der Waals surface area contributed by atoms with E-state index in [1.165, 1.54) is 0 Å². The number of amides is 1. The van der Waals surface area contributed by atoms with Gasteiger partial charge in [0.1, 0.15) is 0 Å². The monoisotopic (exact) mass is 228 g/mol. The van der Waals surface area contributed by atoms with Gasteiger partial charge in [-0.15, -0.1) is 0 Å². The maximum Gasteiger partial charge on any atom is 0.225 e. The van der Waals surface area contributed by atoms with E-state index in [1.807, 2.05) is 4.90 Å². The molecule has 1 amide bonds. The fourth-order valence-electron chi connectivity index (χ4n) is 2.13. The normalized spacial score (nSPS) is 25.8. The lowest BCUT2D eigenvalue weighted by Gasteiger charge is -2.36. The first-order valence-corrected chi connectivity index (χ1v) is 6.28. The summed E-state index contributed by atoms with van der Waals surface area (Å²) in [6.07, 6.45) is 3.34. The first kappa shape index (κ1) is 13.5. The summed E-state index contributed by atoms with van der Waals surface area (Å²) < 4.78 is 5.33. The highest BCUT2D eigenvalue weighted by Crippen LogP contribution is 2.16. The Kier molecular flexibility index (Phi) is 5.77. The zero-order valence-electron chi connectivity index (χ0n) is 10.4. The standard InChI is InChI=1S/C12H24N2O2/c1-3-7-16-8-5-12(15)14-6-4-11(13)9-10(14)2/h10-11H,3-9,13H2,1-2H3. The molecule has 1 rings (SSSR count). The Morgan fingerprint density at radius 2 is 2.25 bits per heavy atom. The van der Waals surface area contributed by atoms with Crippen molar-refractivity contribution < 1.29 is 9.53 Å². The Bertz CT molecular complexity index is 221. The van der Waals surface area contributed by atoms with Crippen LogP contribution in [0.5, 0.6) is 0 Å². The predicted molar refractivity (Wildman–Crippen MR) is 64.1 cm³/mol. The molecule has 0 aliphatic carbocycles. The summed E-state index contributed by atoms with van der Waals surface area (Å²) in [5.41, 5.74) is 5.86. The molecule has 1 saturated heterocycles. The summed E-state index contributed by atoms with van der Waals surface area (Å²) in [5.74, 6) is 0.204. The lowest BCUT2D eigenvalue weighted by atomic mass is 9.99. The summed E-state index contributed by atoms with van der Waals surface area (Å²) in [5, 5.41) is 0. The van der Waals surface area contributed by atoms with Crippen LogP contribution in [-0.4, -0.2) is 42.6 Å². The highest BCUT2D eigenvalue weighted by atomic mass is 16.5. The molecule has 0 spiro atoms. The molecule has 0 bridgehead atoms. The first-order chi connectivity index (χ1) is 7.65. The number of hydrogen-bond donors (Lipinski definition) is 1. The first-order valence-electron chi connectivity index (χ1n) is 6.28. The summed E-state index contributed by atoms with van der Waals surface area (Å²) in [6.45, 7) is 6.23. The number of hydrogen-bond acceptors (Lipinski definition) is 3. The van der Waals surface area contributed by atoms with Gasteiger partial charge in [0.2, 0.25) is 5.91 Å². The second-order valence-corrected chi connectivity index (χ2v) is 4.58. The van der Waals surface area contributed by atoms with Crippen molar-refractivity contribution in [2.24, 2.45) is 5.73 Å². The van der Waals surface area contributed by atoms with Crippen LogP contribution in [0.2, 0.25) is 0 Å². The number of carbonyl (C=O) groups is 1. The van der Waals surface area contributed by atoms with Gasteiger partial charge in [-0.05, 0) is 26.2 Å². The molecule has 0 radical (unpaired) electrons. The van der Waals surface area contributed by atoms with Crippen molar-refractivity contribution >= 4 is 5.91 Å². The van der Waals surface area contributed by atoms with E-state index in [4.69, 9.17) is 10.5 Å². The van der Waals surface area contributed by atoms with Crippen molar-refractivity contribution in [1.82, 2.24) is 4.90 Å². The van der Waals surface area contributed by atoms with Crippen LogP contribution in [0, 0.1) is 0 Å². The molecule has 1 aliphatic rings. The van der Waals surface area contributed by atoms with Crippen LogP contribution in [0.25, 0.3) is 0 Å². The topological polar surface area (TPSA) is 55.6 Å².